The number of allylic oxidation sites excluding steroid dienone is 2. The fraction of sp³-hybridized carbons (Fsp3) is 0.0556. The molecule has 0 N–H and O–H groups in total. The zero-order valence-electron chi connectivity index (χ0n) is 12.0. The fourth-order valence-electron chi connectivity index (χ4n) is 2.15. The monoisotopic (exact) mass is 342 g/mol. The smallest absolute Gasteiger partial charge is 0.200 e. The maximum atomic E-state index is 12.5. The highest BCUT2D eigenvalue weighted by atomic mass is 33.1. The molecule has 0 radical (unpaired) electrons. The van der Waals surface area contributed by atoms with Crippen LogP contribution in [0, 0.1) is 0 Å². The summed E-state index contributed by atoms with van der Waals surface area (Å²) < 4.78 is 0. The van der Waals surface area contributed by atoms with Crippen molar-refractivity contribution in [2.45, 2.75) is 0 Å². The Labute approximate surface area is 142 Å². The zero-order valence-corrected chi connectivity index (χ0v) is 14.4. The summed E-state index contributed by atoms with van der Waals surface area (Å²) in [6, 6.07) is 19.8. The maximum Gasteiger partial charge on any atom is 0.200 e. The molecule has 0 spiro atoms. The van der Waals surface area contributed by atoms with Crippen molar-refractivity contribution in [3.8, 4) is 0 Å². The standard InChI is InChI=1S/C18H14OS3/c1-20-18(14-10-6-3-7-11-14)16-12-15(21-22-16)17(19)13-8-4-2-5-9-13/h2-12H,1H3/b18-16-. The van der Waals surface area contributed by atoms with E-state index in [9.17, 15) is 4.79 Å². The highest BCUT2D eigenvalue weighted by Crippen LogP contribution is 2.50. The van der Waals surface area contributed by atoms with Crippen LogP contribution in [0.2, 0.25) is 0 Å². The van der Waals surface area contributed by atoms with Crippen molar-refractivity contribution >= 4 is 44.0 Å². The van der Waals surface area contributed by atoms with Gasteiger partial charge in [0.15, 0.2) is 5.78 Å². The van der Waals surface area contributed by atoms with Gasteiger partial charge >= 0.3 is 0 Å². The molecule has 0 fully saturated rings. The quantitative estimate of drug-likeness (QED) is 0.509. The molecule has 110 valence electrons. The van der Waals surface area contributed by atoms with Crippen LogP contribution in [-0.4, -0.2) is 12.0 Å². The third kappa shape index (κ3) is 3.35. The van der Waals surface area contributed by atoms with E-state index < -0.39 is 0 Å². The van der Waals surface area contributed by atoms with E-state index in [1.54, 1.807) is 33.3 Å². The molecule has 2 aromatic rings. The molecule has 3 rings (SSSR count). The lowest BCUT2D eigenvalue weighted by Gasteiger charge is -2.06. The van der Waals surface area contributed by atoms with Crippen LogP contribution in [0.3, 0.4) is 0 Å². The third-order valence-corrected chi connectivity index (χ3v) is 6.60. The normalized spacial score (nSPS) is 16.3. The van der Waals surface area contributed by atoms with Crippen molar-refractivity contribution in [3.63, 3.8) is 0 Å². The van der Waals surface area contributed by atoms with Crippen LogP contribution in [0.1, 0.15) is 15.9 Å². The predicted molar refractivity (Wildman–Crippen MR) is 101 cm³/mol. The summed E-state index contributed by atoms with van der Waals surface area (Å²) in [5.74, 6) is 0.0987. The van der Waals surface area contributed by atoms with Crippen LogP contribution in [0.5, 0.6) is 0 Å². The fourth-order valence-corrected chi connectivity index (χ4v) is 5.59. The molecule has 1 aliphatic heterocycles. The Kier molecular flexibility index (Phi) is 5.13. The SMILES string of the molecule is CS/C(=C1/C=C(C(=O)c2ccccc2)SS1)c1ccccc1. The molecule has 0 aliphatic carbocycles. The number of hydrogen-bond donors (Lipinski definition) is 0. The van der Waals surface area contributed by atoms with E-state index in [0.29, 0.717) is 0 Å². The molecule has 0 saturated carbocycles. The minimum Gasteiger partial charge on any atom is -0.288 e. The van der Waals surface area contributed by atoms with Gasteiger partial charge in [0.2, 0.25) is 0 Å². The van der Waals surface area contributed by atoms with Gasteiger partial charge < -0.3 is 0 Å². The van der Waals surface area contributed by atoms with Crippen LogP contribution in [-0.2, 0) is 0 Å². The maximum absolute atomic E-state index is 12.5. The Hall–Kier alpha value is -1.36. The van der Waals surface area contributed by atoms with E-state index in [0.717, 1.165) is 15.4 Å². The van der Waals surface area contributed by atoms with Crippen molar-refractivity contribution in [2.24, 2.45) is 0 Å². The zero-order chi connectivity index (χ0) is 15.4. The summed E-state index contributed by atoms with van der Waals surface area (Å²) in [4.78, 5) is 15.7. The molecule has 2 aromatic carbocycles. The Bertz CT molecular complexity index is 733. The van der Waals surface area contributed by atoms with Crippen molar-refractivity contribution in [1.29, 1.82) is 0 Å². The van der Waals surface area contributed by atoms with E-state index in [1.165, 1.54) is 10.5 Å². The molecule has 1 aliphatic rings. The summed E-state index contributed by atoms with van der Waals surface area (Å²) in [6.07, 6.45) is 4.09. The highest BCUT2D eigenvalue weighted by molar-refractivity contribution is 8.80. The number of ketones is 1. The van der Waals surface area contributed by atoms with Crippen LogP contribution >= 0.6 is 33.3 Å². The number of rotatable bonds is 4. The lowest BCUT2D eigenvalue weighted by Crippen LogP contribution is -1.98. The molecule has 0 aromatic heterocycles. The topological polar surface area (TPSA) is 17.1 Å². The molecule has 0 bridgehead atoms. The highest BCUT2D eigenvalue weighted by Gasteiger charge is 2.22. The molecule has 0 amide bonds. The van der Waals surface area contributed by atoms with Gasteiger partial charge in [-0.05, 0) is 28.7 Å². The molecule has 1 heterocycles. The number of hydrogen-bond acceptors (Lipinski definition) is 4. The van der Waals surface area contributed by atoms with Crippen molar-refractivity contribution < 1.29 is 4.79 Å². The summed E-state index contributed by atoms with van der Waals surface area (Å²) >= 11 is 1.72. The van der Waals surface area contributed by atoms with E-state index in [2.05, 4.69) is 18.4 Å². The Balaban J connectivity index is 1.93. The number of carbonyl (C=O) groups excluding carboxylic acids is 1. The first-order chi connectivity index (χ1) is 10.8. The average Bonchev–Trinajstić information content (AvgIpc) is 3.06. The van der Waals surface area contributed by atoms with Crippen LogP contribution in [0.25, 0.3) is 4.91 Å². The van der Waals surface area contributed by atoms with Crippen LogP contribution in [0.15, 0.2) is 76.5 Å². The second-order valence-corrected chi connectivity index (χ2v) is 7.66. The lowest BCUT2D eigenvalue weighted by molar-refractivity contribution is 0.104. The van der Waals surface area contributed by atoms with E-state index in [1.807, 2.05) is 54.6 Å². The summed E-state index contributed by atoms with van der Waals surface area (Å²) in [5, 5.41) is 0. The predicted octanol–water partition coefficient (Wildman–Crippen LogP) is 5.88. The average molecular weight is 343 g/mol. The van der Waals surface area contributed by atoms with Gasteiger partial charge in [0, 0.05) is 15.4 Å². The summed E-state index contributed by atoms with van der Waals surface area (Å²) in [7, 11) is 3.21. The van der Waals surface area contributed by atoms with Gasteiger partial charge in [0.25, 0.3) is 0 Å². The first-order valence-electron chi connectivity index (χ1n) is 6.79. The molecule has 0 atom stereocenters. The van der Waals surface area contributed by atoms with Crippen LogP contribution < -0.4 is 0 Å². The number of Topliss-reactive ketones (excluding diaryl/α,β-unsaturated/α-hetero) is 1. The van der Waals surface area contributed by atoms with Crippen molar-refractivity contribution in [1.82, 2.24) is 0 Å². The van der Waals surface area contributed by atoms with Crippen molar-refractivity contribution in [3.05, 3.63) is 87.7 Å². The minimum absolute atomic E-state index is 0.0987. The van der Waals surface area contributed by atoms with Gasteiger partial charge in [-0.15, -0.1) is 11.8 Å². The molecular weight excluding hydrogens is 328 g/mol. The first-order valence-corrected chi connectivity index (χ1v) is 10.2. The molecule has 0 unspecified atom stereocenters. The van der Waals surface area contributed by atoms with Crippen LogP contribution in [0.4, 0.5) is 0 Å². The second kappa shape index (κ2) is 7.27. The number of benzene rings is 2. The van der Waals surface area contributed by atoms with Gasteiger partial charge in [-0.25, -0.2) is 0 Å². The third-order valence-electron chi connectivity index (χ3n) is 3.21. The number of thioether (sulfide) groups is 1. The van der Waals surface area contributed by atoms with E-state index in [4.69, 9.17) is 0 Å². The molecular formula is C18H14OS3. The van der Waals surface area contributed by atoms with E-state index in [-0.39, 0.29) is 5.78 Å². The Morgan fingerprint density at radius 1 is 0.864 bits per heavy atom. The summed E-state index contributed by atoms with van der Waals surface area (Å²) in [5.41, 5.74) is 1.94. The minimum atomic E-state index is 0.0987. The second-order valence-electron chi connectivity index (χ2n) is 4.63. The largest absolute Gasteiger partial charge is 0.288 e. The molecule has 4 heteroatoms. The molecule has 22 heavy (non-hydrogen) atoms. The molecule has 1 nitrogen and oxygen atoms in total. The Morgan fingerprint density at radius 2 is 1.45 bits per heavy atom. The van der Waals surface area contributed by atoms with E-state index >= 15 is 0 Å². The van der Waals surface area contributed by atoms with Gasteiger partial charge in [-0.3, -0.25) is 4.79 Å². The number of carbonyl (C=O) groups is 1. The van der Waals surface area contributed by atoms with Gasteiger partial charge in [-0.1, -0.05) is 71.5 Å². The lowest BCUT2D eigenvalue weighted by atomic mass is 10.1. The van der Waals surface area contributed by atoms with Gasteiger partial charge in [-0.2, -0.15) is 0 Å². The van der Waals surface area contributed by atoms with Gasteiger partial charge in [0.1, 0.15) is 0 Å². The van der Waals surface area contributed by atoms with Gasteiger partial charge in [0.05, 0.1) is 4.91 Å². The Morgan fingerprint density at radius 3 is 2.05 bits per heavy atom. The van der Waals surface area contributed by atoms with Crippen molar-refractivity contribution in [2.75, 3.05) is 6.26 Å². The first kappa shape index (κ1) is 15.5. The molecule has 0 saturated heterocycles. The summed E-state index contributed by atoms with van der Waals surface area (Å²) in [6.45, 7) is 0.